The highest BCUT2D eigenvalue weighted by Crippen LogP contribution is 2.32. The Morgan fingerprint density at radius 1 is 1.28 bits per heavy atom. The highest BCUT2D eigenvalue weighted by Gasteiger charge is 2.42. The van der Waals surface area contributed by atoms with Gasteiger partial charge in [-0.25, -0.2) is 8.42 Å². The molecule has 0 spiro atoms. The number of hydrogen-bond donors (Lipinski definition) is 0. The first-order valence-corrected chi connectivity index (χ1v) is 10.0. The molecule has 1 aromatic rings. The van der Waals surface area contributed by atoms with Gasteiger partial charge in [-0.05, 0) is 37.5 Å². The van der Waals surface area contributed by atoms with Crippen molar-refractivity contribution in [1.82, 2.24) is 4.90 Å². The number of ether oxygens (including phenoxy) is 2. The number of nitrogens with zero attached hydrogens (tertiary/aromatic N) is 1. The zero-order valence-corrected chi connectivity index (χ0v) is 14.8. The fourth-order valence-electron chi connectivity index (χ4n) is 3.14. The Labute approximate surface area is 146 Å². The van der Waals surface area contributed by atoms with Crippen molar-refractivity contribution in [2.45, 2.75) is 31.3 Å². The standard InChI is InChI=1S/C17H21NO6S/c1-23-15-4-5-16(12(8-15)9-19)24-10-17(20)18(13-2-3-13)14-6-7-25(21,22)11-14/h4-5,8-9,13-14H,2-3,6-7,10-11H2,1H3/t14-/m0/s1. The van der Waals surface area contributed by atoms with E-state index < -0.39 is 9.84 Å². The van der Waals surface area contributed by atoms with Gasteiger partial charge in [-0.1, -0.05) is 0 Å². The molecular formula is C17H21NO6S. The average molecular weight is 367 g/mol. The van der Waals surface area contributed by atoms with Gasteiger partial charge in [0.1, 0.15) is 11.5 Å². The van der Waals surface area contributed by atoms with Crippen LogP contribution in [0.15, 0.2) is 18.2 Å². The maximum atomic E-state index is 12.6. The van der Waals surface area contributed by atoms with Gasteiger partial charge in [0, 0.05) is 12.1 Å². The lowest BCUT2D eigenvalue weighted by Crippen LogP contribution is -2.45. The van der Waals surface area contributed by atoms with E-state index >= 15 is 0 Å². The number of carbonyl (C=O) groups excluding carboxylic acids is 2. The molecule has 1 atom stereocenters. The van der Waals surface area contributed by atoms with Gasteiger partial charge >= 0.3 is 0 Å². The van der Waals surface area contributed by atoms with E-state index in [1.54, 1.807) is 17.0 Å². The first-order valence-electron chi connectivity index (χ1n) is 8.21. The second kappa shape index (κ2) is 7.03. The van der Waals surface area contributed by atoms with E-state index in [4.69, 9.17) is 9.47 Å². The van der Waals surface area contributed by atoms with Crippen LogP contribution in [0.25, 0.3) is 0 Å². The Morgan fingerprint density at radius 3 is 2.60 bits per heavy atom. The Balaban J connectivity index is 1.67. The fraction of sp³-hybridized carbons (Fsp3) is 0.529. The van der Waals surface area contributed by atoms with E-state index in [0.29, 0.717) is 29.8 Å². The van der Waals surface area contributed by atoms with Crippen LogP contribution >= 0.6 is 0 Å². The lowest BCUT2D eigenvalue weighted by molar-refractivity contribution is -0.135. The molecule has 0 aromatic heterocycles. The molecule has 0 bridgehead atoms. The van der Waals surface area contributed by atoms with Crippen molar-refractivity contribution in [3.63, 3.8) is 0 Å². The van der Waals surface area contributed by atoms with Gasteiger partial charge in [0.2, 0.25) is 0 Å². The summed E-state index contributed by atoms with van der Waals surface area (Å²) in [5, 5.41) is 0. The number of carbonyl (C=O) groups is 2. The van der Waals surface area contributed by atoms with Crippen LogP contribution in [0.1, 0.15) is 29.6 Å². The predicted octanol–water partition coefficient (Wildman–Crippen LogP) is 1.06. The summed E-state index contributed by atoms with van der Waals surface area (Å²) >= 11 is 0. The number of rotatable bonds is 7. The molecule has 1 saturated carbocycles. The van der Waals surface area contributed by atoms with Crippen LogP contribution in [-0.4, -0.2) is 62.8 Å². The number of hydrogen-bond acceptors (Lipinski definition) is 6. The van der Waals surface area contributed by atoms with Crippen LogP contribution in [-0.2, 0) is 14.6 Å². The molecule has 1 amide bonds. The third kappa shape index (κ3) is 4.12. The molecule has 1 aliphatic heterocycles. The summed E-state index contributed by atoms with van der Waals surface area (Å²) in [5.41, 5.74) is 0.300. The molecule has 0 unspecified atom stereocenters. The van der Waals surface area contributed by atoms with E-state index in [1.807, 2.05) is 0 Å². The van der Waals surface area contributed by atoms with Gasteiger partial charge < -0.3 is 14.4 Å². The fourth-order valence-corrected chi connectivity index (χ4v) is 4.86. The topological polar surface area (TPSA) is 90.0 Å². The molecule has 0 N–H and O–H groups in total. The van der Waals surface area contributed by atoms with Gasteiger partial charge in [-0.15, -0.1) is 0 Å². The highest BCUT2D eigenvalue weighted by molar-refractivity contribution is 7.91. The lowest BCUT2D eigenvalue weighted by Gasteiger charge is -2.28. The molecule has 2 fully saturated rings. The number of sulfone groups is 1. The first kappa shape index (κ1) is 17.7. The van der Waals surface area contributed by atoms with Crippen molar-refractivity contribution in [2.24, 2.45) is 0 Å². The maximum Gasteiger partial charge on any atom is 0.261 e. The Morgan fingerprint density at radius 2 is 2.04 bits per heavy atom. The molecule has 8 heteroatoms. The van der Waals surface area contributed by atoms with Crippen LogP contribution in [0, 0.1) is 0 Å². The number of aldehydes is 1. The molecule has 0 radical (unpaired) electrons. The zero-order valence-electron chi connectivity index (χ0n) is 14.0. The summed E-state index contributed by atoms with van der Waals surface area (Å²) < 4.78 is 34.0. The molecule has 136 valence electrons. The predicted molar refractivity (Wildman–Crippen MR) is 90.8 cm³/mol. The largest absolute Gasteiger partial charge is 0.497 e. The second-order valence-electron chi connectivity index (χ2n) is 6.40. The van der Waals surface area contributed by atoms with Crippen LogP contribution in [0.3, 0.4) is 0 Å². The minimum Gasteiger partial charge on any atom is -0.497 e. The highest BCUT2D eigenvalue weighted by atomic mass is 32.2. The Kier molecular flexibility index (Phi) is 4.99. The summed E-state index contributed by atoms with van der Waals surface area (Å²) in [6.07, 6.45) is 2.91. The third-order valence-electron chi connectivity index (χ3n) is 4.53. The lowest BCUT2D eigenvalue weighted by atomic mass is 10.2. The Bertz CT molecular complexity index is 771. The molecular weight excluding hydrogens is 346 g/mol. The van der Waals surface area contributed by atoms with E-state index in [2.05, 4.69) is 0 Å². The van der Waals surface area contributed by atoms with Gasteiger partial charge in [-0.2, -0.15) is 0 Å². The molecule has 1 aromatic carbocycles. The van der Waals surface area contributed by atoms with Gasteiger partial charge in [0.25, 0.3) is 5.91 Å². The van der Waals surface area contributed by atoms with Crippen molar-refractivity contribution in [3.05, 3.63) is 23.8 Å². The second-order valence-corrected chi connectivity index (χ2v) is 8.63. The normalized spacial score (nSPS) is 21.6. The van der Waals surface area contributed by atoms with Crippen LogP contribution in [0.4, 0.5) is 0 Å². The van der Waals surface area contributed by atoms with Crippen LogP contribution in [0.2, 0.25) is 0 Å². The van der Waals surface area contributed by atoms with E-state index in [9.17, 15) is 18.0 Å². The summed E-state index contributed by atoms with van der Waals surface area (Å²) in [6.45, 7) is -0.222. The van der Waals surface area contributed by atoms with E-state index in [1.165, 1.54) is 13.2 Å². The molecule has 2 aliphatic rings. The van der Waals surface area contributed by atoms with Crippen LogP contribution < -0.4 is 9.47 Å². The monoisotopic (exact) mass is 367 g/mol. The summed E-state index contributed by atoms with van der Waals surface area (Å²) in [6, 6.07) is 4.60. The zero-order chi connectivity index (χ0) is 18.0. The quantitative estimate of drug-likeness (QED) is 0.670. The van der Waals surface area contributed by atoms with Crippen molar-refractivity contribution >= 4 is 22.0 Å². The minimum absolute atomic E-state index is 0.0252. The first-order chi connectivity index (χ1) is 11.9. The molecule has 1 heterocycles. The van der Waals surface area contributed by atoms with Gasteiger partial charge in [0.15, 0.2) is 22.7 Å². The smallest absolute Gasteiger partial charge is 0.261 e. The molecule has 3 rings (SSSR count). The SMILES string of the molecule is COc1ccc(OCC(=O)N(C2CC2)[C@H]2CCS(=O)(=O)C2)c(C=O)c1. The molecule has 7 nitrogen and oxygen atoms in total. The average Bonchev–Trinajstić information content (AvgIpc) is 3.36. The summed E-state index contributed by atoms with van der Waals surface area (Å²) in [7, 11) is -1.56. The van der Waals surface area contributed by atoms with Crippen molar-refractivity contribution < 1.29 is 27.5 Å². The molecule has 1 aliphatic carbocycles. The van der Waals surface area contributed by atoms with Gasteiger partial charge in [-0.3, -0.25) is 9.59 Å². The minimum atomic E-state index is -3.06. The van der Waals surface area contributed by atoms with Crippen molar-refractivity contribution in [2.75, 3.05) is 25.2 Å². The van der Waals surface area contributed by atoms with E-state index in [0.717, 1.165) is 12.8 Å². The number of amides is 1. The molecule has 25 heavy (non-hydrogen) atoms. The van der Waals surface area contributed by atoms with Crippen molar-refractivity contribution in [3.8, 4) is 11.5 Å². The van der Waals surface area contributed by atoms with E-state index in [-0.39, 0.29) is 36.1 Å². The summed E-state index contributed by atoms with van der Waals surface area (Å²) in [4.78, 5) is 25.5. The number of methoxy groups -OCH3 is 1. The van der Waals surface area contributed by atoms with Gasteiger partial charge in [0.05, 0.1) is 24.2 Å². The third-order valence-corrected chi connectivity index (χ3v) is 6.28. The summed E-state index contributed by atoms with van der Waals surface area (Å²) in [5.74, 6) is 0.743. The molecule has 1 saturated heterocycles. The van der Waals surface area contributed by atoms with Crippen LogP contribution in [0.5, 0.6) is 11.5 Å². The Hall–Kier alpha value is -2.09. The maximum absolute atomic E-state index is 12.6. The van der Waals surface area contributed by atoms with Crippen molar-refractivity contribution in [1.29, 1.82) is 0 Å². The number of benzene rings is 1.